The van der Waals surface area contributed by atoms with Crippen LogP contribution in [0, 0.1) is 0 Å². The van der Waals surface area contributed by atoms with Crippen molar-refractivity contribution < 1.29 is 9.90 Å². The number of aromatic hydroxyl groups is 1. The fourth-order valence-electron chi connectivity index (χ4n) is 1.66. The Morgan fingerprint density at radius 2 is 2.29 bits per heavy atom. The van der Waals surface area contributed by atoms with Crippen molar-refractivity contribution in [2.24, 2.45) is 5.73 Å². The van der Waals surface area contributed by atoms with E-state index >= 15 is 0 Å². The molecule has 0 spiro atoms. The standard InChI is InChI=1S/C12H15N3O2/c13-5-2-6-14-12(17)10-7-8-9(15-10)3-1-4-11(8)16/h1,3-4,7,15-16H,2,5-6,13H2,(H,14,17). The number of carbonyl (C=O) groups excluding carboxylic acids is 1. The number of carbonyl (C=O) groups is 1. The van der Waals surface area contributed by atoms with Crippen LogP contribution in [0.4, 0.5) is 0 Å². The number of phenolic OH excluding ortho intramolecular Hbond substituents is 1. The van der Waals surface area contributed by atoms with Crippen LogP contribution in [0.5, 0.6) is 5.75 Å². The molecule has 0 atom stereocenters. The molecule has 0 aliphatic carbocycles. The predicted octanol–water partition coefficient (Wildman–Crippen LogP) is 0.952. The SMILES string of the molecule is NCCCNC(=O)c1cc2c(O)cccc2[nH]1. The predicted molar refractivity (Wildman–Crippen MR) is 66.0 cm³/mol. The topological polar surface area (TPSA) is 91.1 Å². The first kappa shape index (κ1) is 11.5. The van der Waals surface area contributed by atoms with Gasteiger partial charge in [-0.3, -0.25) is 4.79 Å². The van der Waals surface area contributed by atoms with Gasteiger partial charge in [0.15, 0.2) is 0 Å². The molecule has 90 valence electrons. The van der Waals surface area contributed by atoms with Crippen LogP contribution in [0.1, 0.15) is 16.9 Å². The number of rotatable bonds is 4. The zero-order chi connectivity index (χ0) is 12.3. The Kier molecular flexibility index (Phi) is 3.30. The minimum absolute atomic E-state index is 0.166. The van der Waals surface area contributed by atoms with Gasteiger partial charge < -0.3 is 21.1 Å². The number of hydrogen-bond donors (Lipinski definition) is 4. The van der Waals surface area contributed by atoms with E-state index in [1.54, 1.807) is 18.2 Å². The van der Waals surface area contributed by atoms with E-state index in [9.17, 15) is 9.90 Å². The fraction of sp³-hybridized carbons (Fsp3) is 0.250. The van der Waals surface area contributed by atoms with E-state index in [0.717, 1.165) is 11.9 Å². The molecule has 17 heavy (non-hydrogen) atoms. The Morgan fingerprint density at radius 1 is 1.47 bits per heavy atom. The van der Waals surface area contributed by atoms with Crippen LogP contribution in [0.25, 0.3) is 10.9 Å². The second kappa shape index (κ2) is 4.88. The number of amides is 1. The van der Waals surface area contributed by atoms with Gasteiger partial charge in [0, 0.05) is 17.4 Å². The zero-order valence-corrected chi connectivity index (χ0v) is 9.36. The summed E-state index contributed by atoms with van der Waals surface area (Å²) in [5, 5.41) is 13.0. The highest BCUT2D eigenvalue weighted by atomic mass is 16.3. The molecule has 5 nitrogen and oxygen atoms in total. The van der Waals surface area contributed by atoms with Gasteiger partial charge >= 0.3 is 0 Å². The number of phenols is 1. The lowest BCUT2D eigenvalue weighted by Gasteiger charge is -2.01. The summed E-state index contributed by atoms with van der Waals surface area (Å²) in [5.74, 6) is -0.0196. The van der Waals surface area contributed by atoms with Crippen molar-refractivity contribution >= 4 is 16.8 Å². The number of nitrogens with two attached hydrogens (primary N) is 1. The molecule has 0 saturated heterocycles. The minimum atomic E-state index is -0.186. The maximum absolute atomic E-state index is 11.7. The van der Waals surface area contributed by atoms with Crippen LogP contribution in [0.3, 0.4) is 0 Å². The molecule has 2 rings (SSSR count). The lowest BCUT2D eigenvalue weighted by Crippen LogP contribution is -2.26. The highest BCUT2D eigenvalue weighted by Gasteiger charge is 2.10. The molecule has 0 fully saturated rings. The van der Waals surface area contributed by atoms with Crippen molar-refractivity contribution in [2.75, 3.05) is 13.1 Å². The Balaban J connectivity index is 2.19. The second-order valence-corrected chi connectivity index (χ2v) is 3.82. The molecule has 5 N–H and O–H groups in total. The molecule has 0 saturated carbocycles. The zero-order valence-electron chi connectivity index (χ0n) is 9.36. The average molecular weight is 233 g/mol. The van der Waals surface area contributed by atoms with Crippen molar-refractivity contribution in [1.29, 1.82) is 0 Å². The van der Waals surface area contributed by atoms with E-state index in [2.05, 4.69) is 10.3 Å². The summed E-state index contributed by atoms with van der Waals surface area (Å²) in [7, 11) is 0. The summed E-state index contributed by atoms with van der Waals surface area (Å²) in [6.07, 6.45) is 0.747. The molecule has 0 aliphatic heterocycles. The van der Waals surface area contributed by atoms with Crippen LogP contribution in [-0.4, -0.2) is 29.1 Å². The largest absolute Gasteiger partial charge is 0.507 e. The number of benzene rings is 1. The maximum atomic E-state index is 11.7. The van der Waals surface area contributed by atoms with Gasteiger partial charge in [-0.15, -0.1) is 0 Å². The number of aromatic nitrogens is 1. The first-order valence-corrected chi connectivity index (χ1v) is 5.51. The van der Waals surface area contributed by atoms with E-state index in [1.807, 2.05) is 6.07 Å². The fourth-order valence-corrected chi connectivity index (χ4v) is 1.66. The lowest BCUT2D eigenvalue weighted by molar-refractivity contribution is 0.0949. The number of hydrogen-bond acceptors (Lipinski definition) is 3. The van der Waals surface area contributed by atoms with Crippen LogP contribution in [-0.2, 0) is 0 Å². The van der Waals surface area contributed by atoms with Crippen molar-refractivity contribution in [1.82, 2.24) is 10.3 Å². The minimum Gasteiger partial charge on any atom is -0.507 e. The molecular formula is C12H15N3O2. The molecule has 0 bridgehead atoms. The van der Waals surface area contributed by atoms with Crippen LogP contribution < -0.4 is 11.1 Å². The quantitative estimate of drug-likeness (QED) is 0.592. The van der Waals surface area contributed by atoms with Crippen molar-refractivity contribution in [2.45, 2.75) is 6.42 Å². The van der Waals surface area contributed by atoms with E-state index in [-0.39, 0.29) is 11.7 Å². The number of H-pyrrole nitrogens is 1. The van der Waals surface area contributed by atoms with Gasteiger partial charge in [-0.1, -0.05) is 6.07 Å². The number of fused-ring (bicyclic) bond motifs is 1. The molecule has 0 unspecified atom stereocenters. The Labute approximate surface area is 98.6 Å². The van der Waals surface area contributed by atoms with E-state index in [1.165, 1.54) is 0 Å². The highest BCUT2D eigenvalue weighted by molar-refractivity contribution is 5.99. The Bertz CT molecular complexity index is 534. The first-order valence-electron chi connectivity index (χ1n) is 5.51. The summed E-state index contributed by atoms with van der Waals surface area (Å²) >= 11 is 0. The summed E-state index contributed by atoms with van der Waals surface area (Å²) in [6.45, 7) is 1.10. The molecule has 0 aliphatic rings. The van der Waals surface area contributed by atoms with Crippen molar-refractivity contribution in [3.63, 3.8) is 0 Å². The third-order valence-corrected chi connectivity index (χ3v) is 2.55. The van der Waals surface area contributed by atoms with E-state index < -0.39 is 0 Å². The second-order valence-electron chi connectivity index (χ2n) is 3.82. The average Bonchev–Trinajstić information content (AvgIpc) is 2.75. The van der Waals surface area contributed by atoms with Gasteiger partial charge in [0.2, 0.25) is 0 Å². The highest BCUT2D eigenvalue weighted by Crippen LogP contribution is 2.24. The first-order chi connectivity index (χ1) is 8.22. The molecule has 1 aromatic carbocycles. The van der Waals surface area contributed by atoms with Crippen molar-refractivity contribution in [3.05, 3.63) is 30.0 Å². The number of aromatic amines is 1. The summed E-state index contributed by atoms with van der Waals surface area (Å²) in [5.41, 5.74) is 6.53. The summed E-state index contributed by atoms with van der Waals surface area (Å²) < 4.78 is 0. The van der Waals surface area contributed by atoms with Crippen LogP contribution >= 0.6 is 0 Å². The summed E-state index contributed by atoms with van der Waals surface area (Å²) in [6, 6.07) is 6.77. The van der Waals surface area contributed by atoms with Crippen LogP contribution in [0.15, 0.2) is 24.3 Å². The summed E-state index contributed by atoms with van der Waals surface area (Å²) in [4.78, 5) is 14.7. The molecule has 2 aromatic rings. The Hall–Kier alpha value is -2.01. The van der Waals surface area contributed by atoms with Gasteiger partial charge in [0.05, 0.1) is 0 Å². The molecule has 1 amide bonds. The van der Waals surface area contributed by atoms with E-state index in [0.29, 0.717) is 24.2 Å². The maximum Gasteiger partial charge on any atom is 0.267 e. The molecular weight excluding hydrogens is 218 g/mol. The third-order valence-electron chi connectivity index (χ3n) is 2.55. The monoisotopic (exact) mass is 233 g/mol. The van der Waals surface area contributed by atoms with Gasteiger partial charge in [0.1, 0.15) is 11.4 Å². The van der Waals surface area contributed by atoms with Crippen LogP contribution in [0.2, 0.25) is 0 Å². The van der Waals surface area contributed by atoms with Gasteiger partial charge in [0.25, 0.3) is 5.91 Å². The van der Waals surface area contributed by atoms with Gasteiger partial charge in [-0.05, 0) is 31.2 Å². The molecule has 5 heteroatoms. The van der Waals surface area contributed by atoms with Gasteiger partial charge in [-0.25, -0.2) is 0 Å². The van der Waals surface area contributed by atoms with Crippen molar-refractivity contribution in [3.8, 4) is 5.75 Å². The lowest BCUT2D eigenvalue weighted by atomic mass is 10.2. The normalized spacial score (nSPS) is 10.6. The molecule has 0 radical (unpaired) electrons. The molecule has 1 heterocycles. The molecule has 1 aromatic heterocycles. The van der Waals surface area contributed by atoms with E-state index in [4.69, 9.17) is 5.73 Å². The smallest absolute Gasteiger partial charge is 0.267 e. The van der Waals surface area contributed by atoms with Gasteiger partial charge in [-0.2, -0.15) is 0 Å². The third kappa shape index (κ3) is 2.39. The Morgan fingerprint density at radius 3 is 3.00 bits per heavy atom. The number of nitrogens with one attached hydrogen (secondary N) is 2.